The fourth-order valence-electron chi connectivity index (χ4n) is 0.934. The summed E-state index contributed by atoms with van der Waals surface area (Å²) in [6.07, 6.45) is -0.550. The zero-order chi connectivity index (χ0) is 9.14. The van der Waals surface area contributed by atoms with Gasteiger partial charge in [-0.05, 0) is 23.9 Å². The van der Waals surface area contributed by atoms with Crippen molar-refractivity contribution >= 4 is 11.3 Å². The summed E-state index contributed by atoms with van der Waals surface area (Å²) >= 11 is 1.45. The Hall–Kier alpha value is -0.420. The van der Waals surface area contributed by atoms with E-state index in [0.717, 1.165) is 10.4 Å². The van der Waals surface area contributed by atoms with E-state index in [1.165, 1.54) is 11.3 Å². The van der Waals surface area contributed by atoms with E-state index in [0.29, 0.717) is 0 Å². The van der Waals surface area contributed by atoms with Gasteiger partial charge in [0, 0.05) is 4.88 Å². The zero-order valence-corrected chi connectivity index (χ0v) is 7.71. The number of aliphatic hydroxyl groups excluding tert-OH is 2. The standard InChI is InChI=1S/C8H13NO2S/c1-5(11)8(9)6-2-7(3-10)12-4-6/h2,4-5,8,10-11H,3,9H2,1H3/t5-,8+/m1/s1. The van der Waals surface area contributed by atoms with Crippen molar-refractivity contribution in [2.24, 2.45) is 5.73 Å². The van der Waals surface area contributed by atoms with Crippen molar-refractivity contribution in [3.8, 4) is 0 Å². The quantitative estimate of drug-likeness (QED) is 0.650. The molecule has 0 aromatic carbocycles. The van der Waals surface area contributed by atoms with Crippen molar-refractivity contribution in [2.75, 3.05) is 0 Å². The van der Waals surface area contributed by atoms with Gasteiger partial charge in [-0.2, -0.15) is 0 Å². The molecular formula is C8H13NO2S. The molecule has 1 aromatic rings. The second kappa shape index (κ2) is 4.00. The number of nitrogens with two attached hydrogens (primary N) is 1. The van der Waals surface area contributed by atoms with Gasteiger partial charge in [0.1, 0.15) is 0 Å². The van der Waals surface area contributed by atoms with E-state index in [4.69, 9.17) is 10.8 Å². The molecule has 0 aliphatic heterocycles. The Labute approximate surface area is 75.5 Å². The third kappa shape index (κ3) is 2.04. The first-order valence-corrected chi connectivity index (χ1v) is 4.65. The highest BCUT2D eigenvalue weighted by Crippen LogP contribution is 2.21. The molecule has 1 aromatic heterocycles. The average Bonchev–Trinajstić information content (AvgIpc) is 2.50. The van der Waals surface area contributed by atoms with Crippen molar-refractivity contribution in [3.63, 3.8) is 0 Å². The van der Waals surface area contributed by atoms with E-state index < -0.39 is 6.10 Å². The summed E-state index contributed by atoms with van der Waals surface area (Å²) in [5.74, 6) is 0. The molecule has 2 atom stereocenters. The highest BCUT2D eigenvalue weighted by molar-refractivity contribution is 7.10. The maximum atomic E-state index is 9.17. The van der Waals surface area contributed by atoms with Gasteiger partial charge in [0.05, 0.1) is 18.8 Å². The van der Waals surface area contributed by atoms with Crippen molar-refractivity contribution < 1.29 is 10.2 Å². The van der Waals surface area contributed by atoms with Gasteiger partial charge >= 0.3 is 0 Å². The van der Waals surface area contributed by atoms with Crippen LogP contribution in [0.1, 0.15) is 23.4 Å². The fourth-order valence-corrected chi connectivity index (χ4v) is 1.73. The topological polar surface area (TPSA) is 66.5 Å². The van der Waals surface area contributed by atoms with E-state index in [2.05, 4.69) is 0 Å². The third-order valence-corrected chi connectivity index (χ3v) is 2.67. The molecule has 0 amide bonds. The molecule has 0 bridgehead atoms. The molecule has 68 valence electrons. The first kappa shape index (κ1) is 9.67. The van der Waals surface area contributed by atoms with Gasteiger partial charge in [-0.25, -0.2) is 0 Å². The number of aliphatic hydroxyl groups is 2. The van der Waals surface area contributed by atoms with Crippen LogP contribution in [0.2, 0.25) is 0 Å². The van der Waals surface area contributed by atoms with Crippen LogP contribution in [-0.4, -0.2) is 16.3 Å². The molecule has 0 saturated heterocycles. The lowest BCUT2D eigenvalue weighted by atomic mass is 10.1. The minimum absolute atomic E-state index is 0.0389. The average molecular weight is 187 g/mol. The summed E-state index contributed by atoms with van der Waals surface area (Å²) in [5.41, 5.74) is 6.57. The Kier molecular flexibility index (Phi) is 3.22. The molecule has 12 heavy (non-hydrogen) atoms. The summed E-state index contributed by atoms with van der Waals surface area (Å²) < 4.78 is 0. The zero-order valence-electron chi connectivity index (χ0n) is 6.90. The van der Waals surface area contributed by atoms with Crippen molar-refractivity contribution in [2.45, 2.75) is 25.7 Å². The molecule has 4 N–H and O–H groups in total. The summed E-state index contributed by atoms with van der Waals surface area (Å²) in [5, 5.41) is 19.8. The van der Waals surface area contributed by atoms with Gasteiger partial charge in [0.25, 0.3) is 0 Å². The third-order valence-electron chi connectivity index (χ3n) is 1.73. The van der Waals surface area contributed by atoms with Gasteiger partial charge in [-0.1, -0.05) is 0 Å². The minimum atomic E-state index is -0.550. The fraction of sp³-hybridized carbons (Fsp3) is 0.500. The van der Waals surface area contributed by atoms with Crippen LogP contribution in [-0.2, 0) is 6.61 Å². The van der Waals surface area contributed by atoms with Crippen LogP contribution < -0.4 is 5.73 Å². The Morgan fingerprint density at radius 1 is 1.67 bits per heavy atom. The van der Waals surface area contributed by atoms with Crippen molar-refractivity contribution in [1.29, 1.82) is 0 Å². The second-order valence-corrected chi connectivity index (χ2v) is 3.77. The number of thiophene rings is 1. The normalized spacial score (nSPS) is 16.0. The number of hydrogen-bond acceptors (Lipinski definition) is 4. The molecule has 0 aliphatic carbocycles. The Bertz CT molecular complexity index is 247. The minimum Gasteiger partial charge on any atom is -0.391 e. The first-order valence-electron chi connectivity index (χ1n) is 3.77. The number of hydrogen-bond donors (Lipinski definition) is 3. The first-order chi connectivity index (χ1) is 5.65. The predicted octanol–water partition coefficient (Wildman–Crippen LogP) is 0.621. The van der Waals surface area contributed by atoms with Gasteiger partial charge in [0.15, 0.2) is 0 Å². The van der Waals surface area contributed by atoms with E-state index in [9.17, 15) is 5.11 Å². The van der Waals surface area contributed by atoms with E-state index >= 15 is 0 Å². The summed E-state index contributed by atoms with van der Waals surface area (Å²) in [6, 6.07) is 1.48. The number of rotatable bonds is 3. The predicted molar refractivity (Wildman–Crippen MR) is 48.9 cm³/mol. The van der Waals surface area contributed by atoms with Crippen LogP contribution in [0.4, 0.5) is 0 Å². The van der Waals surface area contributed by atoms with E-state index in [1.807, 2.05) is 11.4 Å². The lowest BCUT2D eigenvalue weighted by molar-refractivity contribution is 0.164. The molecule has 3 nitrogen and oxygen atoms in total. The van der Waals surface area contributed by atoms with Crippen LogP contribution in [0.3, 0.4) is 0 Å². The largest absolute Gasteiger partial charge is 0.391 e. The van der Waals surface area contributed by atoms with Gasteiger partial charge < -0.3 is 15.9 Å². The second-order valence-electron chi connectivity index (χ2n) is 2.77. The molecule has 0 fully saturated rings. The monoisotopic (exact) mass is 187 g/mol. The van der Waals surface area contributed by atoms with Gasteiger partial charge in [-0.3, -0.25) is 0 Å². The molecule has 0 unspecified atom stereocenters. The van der Waals surface area contributed by atoms with E-state index in [1.54, 1.807) is 6.92 Å². The maximum Gasteiger partial charge on any atom is 0.0774 e. The van der Waals surface area contributed by atoms with Crippen LogP contribution in [0.15, 0.2) is 11.4 Å². The van der Waals surface area contributed by atoms with Gasteiger partial charge in [0.2, 0.25) is 0 Å². The van der Waals surface area contributed by atoms with Gasteiger partial charge in [-0.15, -0.1) is 11.3 Å². The van der Waals surface area contributed by atoms with Crippen molar-refractivity contribution in [3.05, 3.63) is 21.9 Å². The highest BCUT2D eigenvalue weighted by atomic mass is 32.1. The summed E-state index contributed by atoms with van der Waals surface area (Å²) in [6.45, 7) is 1.69. The Balaban J connectivity index is 2.74. The molecule has 0 radical (unpaired) electrons. The summed E-state index contributed by atoms with van der Waals surface area (Å²) in [4.78, 5) is 0.876. The van der Waals surface area contributed by atoms with Crippen LogP contribution in [0.5, 0.6) is 0 Å². The van der Waals surface area contributed by atoms with Crippen LogP contribution >= 0.6 is 11.3 Å². The lowest BCUT2D eigenvalue weighted by Gasteiger charge is -2.12. The lowest BCUT2D eigenvalue weighted by Crippen LogP contribution is -2.22. The molecule has 1 heterocycles. The molecular weight excluding hydrogens is 174 g/mol. The smallest absolute Gasteiger partial charge is 0.0774 e. The van der Waals surface area contributed by atoms with Crippen LogP contribution in [0.25, 0.3) is 0 Å². The van der Waals surface area contributed by atoms with Crippen molar-refractivity contribution in [1.82, 2.24) is 0 Å². The van der Waals surface area contributed by atoms with Crippen LogP contribution in [0, 0.1) is 0 Å². The molecule has 0 aliphatic rings. The van der Waals surface area contributed by atoms with E-state index in [-0.39, 0.29) is 12.6 Å². The Morgan fingerprint density at radius 3 is 2.75 bits per heavy atom. The Morgan fingerprint density at radius 2 is 2.33 bits per heavy atom. The molecule has 4 heteroatoms. The highest BCUT2D eigenvalue weighted by Gasteiger charge is 2.13. The SMILES string of the molecule is C[C@@H](O)[C@H](N)c1csc(CO)c1. The molecule has 1 rings (SSSR count). The molecule has 0 saturated carbocycles. The summed E-state index contributed by atoms with van der Waals surface area (Å²) in [7, 11) is 0. The molecule has 0 spiro atoms. The maximum absolute atomic E-state index is 9.17.